The molecule has 0 fully saturated rings. The second-order valence-electron chi connectivity index (χ2n) is 6.71. The molecule has 0 radical (unpaired) electrons. The van der Waals surface area contributed by atoms with Crippen LogP contribution in [-0.2, 0) is 18.0 Å². The van der Waals surface area contributed by atoms with E-state index in [0.717, 1.165) is 16.8 Å². The molecule has 7 nitrogen and oxygen atoms in total. The van der Waals surface area contributed by atoms with E-state index in [1.165, 1.54) is 0 Å². The average molecular weight is 404 g/mol. The molecule has 30 heavy (non-hydrogen) atoms. The van der Waals surface area contributed by atoms with Gasteiger partial charge in [-0.25, -0.2) is 4.79 Å². The minimum Gasteiger partial charge on any atom is -0.488 e. The molecule has 0 spiro atoms. The number of rotatable bonds is 7. The monoisotopic (exact) mass is 404 g/mol. The molecule has 0 atom stereocenters. The van der Waals surface area contributed by atoms with Crippen molar-refractivity contribution in [2.24, 2.45) is 0 Å². The van der Waals surface area contributed by atoms with Crippen molar-refractivity contribution in [2.75, 3.05) is 0 Å². The summed E-state index contributed by atoms with van der Waals surface area (Å²) < 4.78 is 21.7. The fraction of sp³-hybridized carbons (Fsp3) is 0.174. The Kier molecular flexibility index (Phi) is 5.61. The topological polar surface area (TPSA) is 87.6 Å². The van der Waals surface area contributed by atoms with Crippen molar-refractivity contribution in [1.29, 1.82) is 0 Å². The van der Waals surface area contributed by atoms with Crippen LogP contribution in [0.2, 0.25) is 0 Å². The molecule has 152 valence electrons. The fourth-order valence-corrected chi connectivity index (χ4v) is 2.95. The van der Waals surface area contributed by atoms with Crippen LogP contribution >= 0.6 is 0 Å². The zero-order valence-corrected chi connectivity index (χ0v) is 16.6. The first-order valence-electron chi connectivity index (χ1n) is 9.43. The van der Waals surface area contributed by atoms with Crippen molar-refractivity contribution in [3.05, 3.63) is 88.9 Å². The summed E-state index contributed by atoms with van der Waals surface area (Å²) in [5.74, 6) is 1.22. The molecule has 7 heteroatoms. The van der Waals surface area contributed by atoms with E-state index >= 15 is 0 Å². The van der Waals surface area contributed by atoms with Gasteiger partial charge < -0.3 is 18.5 Å². The number of carbonyl (C=O) groups is 1. The molecular formula is C23H20N2O5. The second kappa shape index (κ2) is 8.65. The first-order valence-corrected chi connectivity index (χ1v) is 9.43. The lowest BCUT2D eigenvalue weighted by Crippen LogP contribution is -2.08. The van der Waals surface area contributed by atoms with E-state index in [-0.39, 0.29) is 13.2 Å². The maximum Gasteiger partial charge on any atom is 0.342 e. The van der Waals surface area contributed by atoms with Gasteiger partial charge in [0.25, 0.3) is 0 Å². The van der Waals surface area contributed by atoms with E-state index in [1.54, 1.807) is 30.3 Å². The van der Waals surface area contributed by atoms with Crippen LogP contribution in [0.4, 0.5) is 0 Å². The van der Waals surface area contributed by atoms with E-state index in [9.17, 15) is 4.79 Å². The van der Waals surface area contributed by atoms with Crippen LogP contribution < -0.4 is 4.74 Å². The predicted molar refractivity (Wildman–Crippen MR) is 108 cm³/mol. The van der Waals surface area contributed by atoms with Crippen molar-refractivity contribution in [3.63, 3.8) is 0 Å². The second-order valence-corrected chi connectivity index (χ2v) is 6.71. The molecule has 0 amide bonds. The van der Waals surface area contributed by atoms with Crippen LogP contribution in [0.5, 0.6) is 5.75 Å². The van der Waals surface area contributed by atoms with E-state index < -0.39 is 5.97 Å². The predicted octanol–water partition coefficient (Wildman–Crippen LogP) is 4.88. The maximum absolute atomic E-state index is 12.6. The van der Waals surface area contributed by atoms with Crippen LogP contribution in [-0.4, -0.2) is 16.3 Å². The highest BCUT2D eigenvalue weighted by atomic mass is 16.5. The summed E-state index contributed by atoms with van der Waals surface area (Å²) in [6, 6.07) is 18.3. The van der Waals surface area contributed by atoms with Crippen molar-refractivity contribution in [2.45, 2.75) is 27.1 Å². The van der Waals surface area contributed by atoms with Crippen LogP contribution in [0.1, 0.15) is 33.1 Å². The van der Waals surface area contributed by atoms with E-state index in [1.807, 2.05) is 44.2 Å². The molecular weight excluding hydrogens is 384 g/mol. The largest absolute Gasteiger partial charge is 0.488 e. The van der Waals surface area contributed by atoms with Crippen molar-refractivity contribution >= 4 is 5.97 Å². The number of aromatic nitrogens is 2. The average Bonchev–Trinajstić information content (AvgIpc) is 3.38. The molecule has 0 aliphatic rings. The smallest absolute Gasteiger partial charge is 0.342 e. The Hall–Kier alpha value is -3.87. The third kappa shape index (κ3) is 4.25. The Morgan fingerprint density at radius 3 is 2.47 bits per heavy atom. The number of hydrogen-bond acceptors (Lipinski definition) is 7. The lowest BCUT2D eigenvalue weighted by Gasteiger charge is -2.10. The van der Waals surface area contributed by atoms with Gasteiger partial charge in [-0.05, 0) is 26.0 Å². The van der Waals surface area contributed by atoms with Gasteiger partial charge >= 0.3 is 5.97 Å². The Morgan fingerprint density at radius 1 is 0.933 bits per heavy atom. The van der Waals surface area contributed by atoms with Gasteiger partial charge in [0.1, 0.15) is 36.0 Å². The minimum absolute atomic E-state index is 0.00658. The van der Waals surface area contributed by atoms with Gasteiger partial charge in [-0.1, -0.05) is 52.8 Å². The number of carbonyl (C=O) groups excluding carboxylic acids is 1. The lowest BCUT2D eigenvalue weighted by molar-refractivity contribution is 0.0459. The number of aryl methyl sites for hydroxylation is 2. The standard InChI is InChI=1S/C23H20N2O5/c1-15-20(16(2)29-24-15)14-27-21-11-7-6-10-19(21)23(26)28-13-18-12-22(30-25-18)17-8-4-3-5-9-17/h3-12H,13-14H2,1-2H3. The summed E-state index contributed by atoms with van der Waals surface area (Å²) in [4.78, 5) is 12.6. The Morgan fingerprint density at radius 2 is 1.70 bits per heavy atom. The van der Waals surface area contributed by atoms with Gasteiger partial charge in [0.2, 0.25) is 0 Å². The van der Waals surface area contributed by atoms with Gasteiger partial charge in [0.15, 0.2) is 5.76 Å². The number of benzene rings is 2. The first-order chi connectivity index (χ1) is 14.6. The summed E-state index contributed by atoms with van der Waals surface area (Å²) in [6.07, 6.45) is 0. The normalized spacial score (nSPS) is 10.7. The quantitative estimate of drug-likeness (QED) is 0.406. The Balaban J connectivity index is 1.41. The minimum atomic E-state index is -0.506. The zero-order valence-electron chi connectivity index (χ0n) is 16.6. The van der Waals surface area contributed by atoms with Gasteiger partial charge in [-0.3, -0.25) is 0 Å². The number of para-hydroxylation sites is 1. The molecule has 0 bridgehead atoms. The summed E-state index contributed by atoms with van der Waals surface area (Å²) in [5, 5.41) is 7.88. The molecule has 2 heterocycles. The molecule has 0 aliphatic carbocycles. The highest BCUT2D eigenvalue weighted by molar-refractivity contribution is 5.92. The van der Waals surface area contributed by atoms with Gasteiger partial charge in [-0.15, -0.1) is 0 Å². The van der Waals surface area contributed by atoms with Crippen LogP contribution in [0.15, 0.2) is 69.7 Å². The van der Waals surface area contributed by atoms with Gasteiger partial charge in [0, 0.05) is 11.6 Å². The number of nitrogens with zero attached hydrogens (tertiary/aromatic N) is 2. The number of ether oxygens (including phenoxy) is 2. The highest BCUT2D eigenvalue weighted by Crippen LogP contribution is 2.24. The van der Waals surface area contributed by atoms with Gasteiger partial charge in [0.05, 0.1) is 11.3 Å². The molecule has 2 aromatic heterocycles. The molecule has 2 aromatic carbocycles. The van der Waals surface area contributed by atoms with Crippen LogP contribution in [0.3, 0.4) is 0 Å². The van der Waals surface area contributed by atoms with Crippen molar-refractivity contribution in [3.8, 4) is 17.1 Å². The third-order valence-corrected chi connectivity index (χ3v) is 4.63. The molecule has 0 unspecified atom stereocenters. The van der Waals surface area contributed by atoms with E-state index in [2.05, 4.69) is 10.3 Å². The Labute approximate surface area is 173 Å². The molecule has 4 aromatic rings. The molecule has 0 N–H and O–H groups in total. The summed E-state index contributed by atoms with van der Waals surface area (Å²) in [7, 11) is 0. The Bertz CT molecular complexity index is 1130. The van der Waals surface area contributed by atoms with E-state index in [0.29, 0.717) is 28.5 Å². The number of hydrogen-bond donors (Lipinski definition) is 0. The summed E-state index contributed by atoms with van der Waals surface area (Å²) in [5.41, 5.74) is 3.37. The van der Waals surface area contributed by atoms with E-state index in [4.69, 9.17) is 18.5 Å². The SMILES string of the molecule is Cc1noc(C)c1COc1ccccc1C(=O)OCc1cc(-c2ccccc2)on1. The van der Waals surface area contributed by atoms with Crippen LogP contribution in [0.25, 0.3) is 11.3 Å². The van der Waals surface area contributed by atoms with Crippen molar-refractivity contribution in [1.82, 2.24) is 10.3 Å². The van der Waals surface area contributed by atoms with Crippen molar-refractivity contribution < 1.29 is 23.3 Å². The maximum atomic E-state index is 12.6. The molecule has 0 saturated heterocycles. The first kappa shape index (κ1) is 19.4. The number of esters is 1. The van der Waals surface area contributed by atoms with Crippen LogP contribution in [0, 0.1) is 13.8 Å². The molecule has 4 rings (SSSR count). The molecule has 0 saturated carbocycles. The summed E-state index contributed by atoms with van der Waals surface area (Å²) in [6.45, 7) is 3.90. The fourth-order valence-electron chi connectivity index (χ4n) is 2.95. The molecule has 0 aliphatic heterocycles. The zero-order chi connectivity index (χ0) is 20.9. The summed E-state index contributed by atoms with van der Waals surface area (Å²) >= 11 is 0. The highest BCUT2D eigenvalue weighted by Gasteiger charge is 2.17. The lowest BCUT2D eigenvalue weighted by atomic mass is 10.2. The van der Waals surface area contributed by atoms with Gasteiger partial charge in [-0.2, -0.15) is 0 Å². The third-order valence-electron chi connectivity index (χ3n) is 4.63.